The molecule has 6 nitrogen and oxygen atoms in total. The van der Waals surface area contributed by atoms with Crippen LogP contribution in [0.15, 0.2) is 72.8 Å². The second-order valence-corrected chi connectivity index (χ2v) is 10.2. The predicted molar refractivity (Wildman–Crippen MR) is 141 cm³/mol. The molecule has 0 aliphatic heterocycles. The highest BCUT2D eigenvalue weighted by Crippen LogP contribution is 2.51. The highest BCUT2D eigenvalue weighted by Gasteiger charge is 2.27. The van der Waals surface area contributed by atoms with E-state index in [1.165, 1.54) is 50.6 Å². The topological polar surface area (TPSA) is 71.1 Å². The molecule has 0 aliphatic rings. The van der Waals surface area contributed by atoms with Gasteiger partial charge in [-0.3, -0.25) is 0 Å². The van der Waals surface area contributed by atoms with E-state index >= 15 is 4.39 Å². The quantitative estimate of drug-likeness (QED) is 0.225. The maximum absolute atomic E-state index is 15.2. The lowest BCUT2D eigenvalue weighted by Crippen LogP contribution is -2.09. The van der Waals surface area contributed by atoms with Crippen molar-refractivity contribution >= 4 is 10.1 Å². The van der Waals surface area contributed by atoms with E-state index in [0.29, 0.717) is 11.1 Å². The van der Waals surface area contributed by atoms with E-state index in [2.05, 4.69) is 0 Å². The zero-order valence-corrected chi connectivity index (χ0v) is 22.1. The lowest BCUT2D eigenvalue weighted by atomic mass is 9.96. The number of aryl methyl sites for hydroxylation is 1. The molecule has 0 unspecified atom stereocenters. The standard InChI is InChI=1S/C29H26F2O6S/c1-18-5-7-19(8-6-18)17-36-25-14-11-21(15-24(25)31)27-26(34-2)16-23(20-9-12-22(30)13-10-20)28(35-3)29(27)37-38(4,32)33/h5-16H,17H2,1-4H3. The van der Waals surface area contributed by atoms with Gasteiger partial charge in [-0.2, -0.15) is 8.42 Å². The third-order valence-electron chi connectivity index (χ3n) is 5.75. The van der Waals surface area contributed by atoms with Crippen molar-refractivity contribution in [3.05, 3.63) is 95.6 Å². The number of halogens is 2. The summed E-state index contributed by atoms with van der Waals surface area (Å²) in [5.41, 5.74) is 3.33. The Morgan fingerprint density at radius 1 is 0.763 bits per heavy atom. The number of hydrogen-bond acceptors (Lipinski definition) is 6. The fraction of sp³-hybridized carbons (Fsp3) is 0.172. The fourth-order valence-corrected chi connectivity index (χ4v) is 4.41. The zero-order valence-electron chi connectivity index (χ0n) is 21.2. The van der Waals surface area contributed by atoms with E-state index in [9.17, 15) is 12.8 Å². The third-order valence-corrected chi connectivity index (χ3v) is 6.22. The highest BCUT2D eigenvalue weighted by atomic mass is 32.2. The van der Waals surface area contributed by atoms with E-state index < -0.39 is 21.8 Å². The van der Waals surface area contributed by atoms with Gasteiger partial charge >= 0.3 is 10.1 Å². The summed E-state index contributed by atoms with van der Waals surface area (Å²) in [4.78, 5) is 0. The molecular weight excluding hydrogens is 514 g/mol. The minimum absolute atomic E-state index is 0.0220. The van der Waals surface area contributed by atoms with Crippen LogP contribution in [0.2, 0.25) is 0 Å². The fourth-order valence-electron chi connectivity index (χ4n) is 3.95. The molecule has 4 rings (SSSR count). The molecule has 0 N–H and O–H groups in total. The van der Waals surface area contributed by atoms with Gasteiger partial charge in [-0.25, -0.2) is 8.78 Å². The van der Waals surface area contributed by atoms with Crippen molar-refractivity contribution in [1.29, 1.82) is 0 Å². The van der Waals surface area contributed by atoms with Gasteiger partial charge < -0.3 is 18.4 Å². The predicted octanol–water partition coefficient (Wildman–Crippen LogP) is 6.54. The summed E-state index contributed by atoms with van der Waals surface area (Å²) in [6.45, 7) is 2.14. The van der Waals surface area contributed by atoms with Gasteiger partial charge in [0.15, 0.2) is 23.1 Å². The molecule has 38 heavy (non-hydrogen) atoms. The van der Waals surface area contributed by atoms with Crippen LogP contribution in [0, 0.1) is 18.6 Å². The van der Waals surface area contributed by atoms with Crippen LogP contribution in [0.3, 0.4) is 0 Å². The molecule has 0 heterocycles. The van der Waals surface area contributed by atoms with Crippen molar-refractivity contribution in [2.75, 3.05) is 20.5 Å². The Bertz CT molecular complexity index is 1550. The maximum atomic E-state index is 15.2. The first-order chi connectivity index (χ1) is 18.1. The first-order valence-electron chi connectivity index (χ1n) is 11.5. The van der Waals surface area contributed by atoms with Crippen molar-refractivity contribution in [3.8, 4) is 45.3 Å². The SMILES string of the molecule is COc1cc(-c2ccc(F)cc2)c(OC)c(OS(C)(=O)=O)c1-c1ccc(OCc2ccc(C)cc2)c(F)c1. The van der Waals surface area contributed by atoms with Crippen LogP contribution in [0.4, 0.5) is 8.78 Å². The molecule has 9 heteroatoms. The third kappa shape index (κ3) is 6.06. The van der Waals surface area contributed by atoms with Gasteiger partial charge in [0, 0.05) is 5.56 Å². The van der Waals surface area contributed by atoms with Crippen LogP contribution >= 0.6 is 0 Å². The highest BCUT2D eigenvalue weighted by molar-refractivity contribution is 7.86. The number of ether oxygens (including phenoxy) is 3. The van der Waals surface area contributed by atoms with Crippen LogP contribution in [0.25, 0.3) is 22.3 Å². The molecule has 0 aliphatic carbocycles. The van der Waals surface area contributed by atoms with E-state index in [1.54, 1.807) is 12.1 Å². The van der Waals surface area contributed by atoms with E-state index in [-0.39, 0.29) is 40.7 Å². The summed E-state index contributed by atoms with van der Waals surface area (Å²) in [5, 5.41) is 0. The van der Waals surface area contributed by atoms with Gasteiger partial charge in [0.2, 0.25) is 0 Å². The number of rotatable bonds is 9. The van der Waals surface area contributed by atoms with E-state index in [4.69, 9.17) is 18.4 Å². The average Bonchev–Trinajstić information content (AvgIpc) is 2.88. The van der Waals surface area contributed by atoms with Gasteiger partial charge in [-0.15, -0.1) is 0 Å². The van der Waals surface area contributed by atoms with Crippen LogP contribution in [-0.2, 0) is 16.7 Å². The summed E-state index contributed by atoms with van der Waals surface area (Å²) >= 11 is 0. The van der Waals surface area contributed by atoms with Crippen LogP contribution in [0.1, 0.15) is 11.1 Å². The second-order valence-electron chi connectivity index (χ2n) is 8.58. The Hall–Kier alpha value is -4.11. The minimum atomic E-state index is -4.05. The van der Waals surface area contributed by atoms with Crippen LogP contribution in [0.5, 0.6) is 23.0 Å². The van der Waals surface area contributed by atoms with Crippen molar-refractivity contribution in [1.82, 2.24) is 0 Å². The average molecular weight is 541 g/mol. The summed E-state index contributed by atoms with van der Waals surface area (Å²) < 4.78 is 75.4. The molecule has 0 fully saturated rings. The summed E-state index contributed by atoms with van der Waals surface area (Å²) in [5.74, 6) is -1.03. The molecule has 0 aromatic heterocycles. The lowest BCUT2D eigenvalue weighted by molar-refractivity contribution is 0.290. The number of benzene rings is 4. The normalized spacial score (nSPS) is 11.2. The zero-order chi connectivity index (χ0) is 27.4. The molecule has 0 radical (unpaired) electrons. The summed E-state index contributed by atoms with van der Waals surface area (Å²) in [6, 6.07) is 19.0. The molecule has 0 amide bonds. The Kier molecular flexibility index (Phi) is 7.87. The van der Waals surface area contributed by atoms with Gasteiger partial charge in [0.25, 0.3) is 0 Å². The molecule has 0 spiro atoms. The Balaban J connectivity index is 1.82. The smallest absolute Gasteiger partial charge is 0.306 e. The number of hydrogen-bond donors (Lipinski definition) is 0. The molecule has 0 saturated heterocycles. The Morgan fingerprint density at radius 3 is 2.00 bits per heavy atom. The first-order valence-corrected chi connectivity index (χ1v) is 13.3. The van der Waals surface area contributed by atoms with Gasteiger partial charge in [0.1, 0.15) is 18.2 Å². The van der Waals surface area contributed by atoms with Crippen molar-refractivity contribution in [3.63, 3.8) is 0 Å². The van der Waals surface area contributed by atoms with E-state index in [1.807, 2.05) is 31.2 Å². The summed E-state index contributed by atoms with van der Waals surface area (Å²) in [6.07, 6.45) is 0.885. The molecular formula is C29H26F2O6S. The molecule has 0 saturated carbocycles. The van der Waals surface area contributed by atoms with Gasteiger partial charge in [-0.05, 0) is 53.9 Å². The van der Waals surface area contributed by atoms with Crippen molar-refractivity contribution < 1.29 is 35.6 Å². The minimum Gasteiger partial charge on any atom is -0.496 e. The summed E-state index contributed by atoms with van der Waals surface area (Å²) in [7, 11) is -1.31. The van der Waals surface area contributed by atoms with Gasteiger partial charge in [-0.1, -0.05) is 48.0 Å². The lowest BCUT2D eigenvalue weighted by Gasteiger charge is -2.21. The first kappa shape index (κ1) is 26.9. The van der Waals surface area contributed by atoms with Crippen molar-refractivity contribution in [2.24, 2.45) is 0 Å². The monoisotopic (exact) mass is 540 g/mol. The van der Waals surface area contributed by atoms with Crippen LogP contribution < -0.4 is 18.4 Å². The number of methoxy groups -OCH3 is 2. The second kappa shape index (κ2) is 11.1. The van der Waals surface area contributed by atoms with Gasteiger partial charge in [0.05, 0.1) is 26.0 Å². The maximum Gasteiger partial charge on any atom is 0.306 e. The van der Waals surface area contributed by atoms with Crippen molar-refractivity contribution in [2.45, 2.75) is 13.5 Å². The Labute approximate surface area is 220 Å². The van der Waals surface area contributed by atoms with Crippen LogP contribution in [-0.4, -0.2) is 28.9 Å². The Morgan fingerprint density at radius 2 is 1.42 bits per heavy atom. The molecule has 4 aromatic rings. The molecule has 0 bridgehead atoms. The molecule has 4 aromatic carbocycles. The molecule has 198 valence electrons. The largest absolute Gasteiger partial charge is 0.496 e. The molecule has 0 atom stereocenters. The van der Waals surface area contributed by atoms with E-state index in [0.717, 1.165) is 17.4 Å².